The van der Waals surface area contributed by atoms with E-state index < -0.39 is 24.1 Å². The Balaban J connectivity index is 1.73. The second-order valence-corrected chi connectivity index (χ2v) is 10.0. The average molecular weight is 469 g/mol. The van der Waals surface area contributed by atoms with Gasteiger partial charge in [-0.05, 0) is 36.8 Å². The minimum absolute atomic E-state index is 0.0165. The van der Waals surface area contributed by atoms with Crippen LogP contribution in [-0.2, 0) is 16.6 Å². The van der Waals surface area contributed by atoms with E-state index in [2.05, 4.69) is 15.7 Å². The molecule has 1 aliphatic carbocycles. The molecule has 34 heavy (non-hydrogen) atoms. The van der Waals surface area contributed by atoms with Gasteiger partial charge in [0.25, 0.3) is 5.91 Å². The molecular formula is C26H36N4O4. The van der Waals surface area contributed by atoms with Gasteiger partial charge < -0.3 is 15.7 Å². The number of hydrogen-bond donors (Lipinski definition) is 3. The van der Waals surface area contributed by atoms with E-state index in [9.17, 15) is 19.5 Å². The molecule has 2 aromatic rings. The number of nitrogens with one attached hydrogen (secondary N) is 2. The molecule has 0 spiro atoms. The van der Waals surface area contributed by atoms with E-state index in [-0.39, 0.29) is 35.4 Å². The van der Waals surface area contributed by atoms with Gasteiger partial charge in [-0.2, -0.15) is 5.10 Å². The second-order valence-electron chi connectivity index (χ2n) is 10.0. The first-order valence-electron chi connectivity index (χ1n) is 11.9. The number of aliphatic hydroxyl groups is 1. The molecule has 1 heterocycles. The molecule has 8 nitrogen and oxygen atoms in total. The van der Waals surface area contributed by atoms with E-state index in [4.69, 9.17) is 0 Å². The highest BCUT2D eigenvalue weighted by molar-refractivity contribution is 6.05. The van der Waals surface area contributed by atoms with Crippen LogP contribution in [0.2, 0.25) is 0 Å². The molecule has 3 rings (SSSR count). The molecule has 0 saturated heterocycles. The first kappa shape index (κ1) is 25.6. The van der Waals surface area contributed by atoms with E-state index in [0.717, 1.165) is 5.56 Å². The lowest BCUT2D eigenvalue weighted by Gasteiger charge is -2.30. The smallest absolute Gasteiger partial charge is 0.270 e. The van der Waals surface area contributed by atoms with Crippen molar-refractivity contribution in [3.05, 3.63) is 53.3 Å². The van der Waals surface area contributed by atoms with Crippen LogP contribution in [-0.4, -0.2) is 50.7 Å². The van der Waals surface area contributed by atoms with E-state index in [1.165, 1.54) is 4.68 Å². The lowest BCUT2D eigenvalue weighted by molar-refractivity contribution is -0.126. The number of aryl methyl sites for hydroxylation is 2. The number of carbonyl (C=O) groups is 3. The predicted octanol–water partition coefficient (Wildman–Crippen LogP) is 2.36. The molecule has 1 aromatic heterocycles. The summed E-state index contributed by atoms with van der Waals surface area (Å²) in [5.41, 5.74) is 1.96. The molecule has 0 bridgehead atoms. The Kier molecular flexibility index (Phi) is 7.92. The minimum atomic E-state index is -1.02. The summed E-state index contributed by atoms with van der Waals surface area (Å²) in [6, 6.07) is 9.65. The topological polar surface area (TPSA) is 113 Å². The zero-order chi connectivity index (χ0) is 25.2. The zero-order valence-electron chi connectivity index (χ0n) is 20.8. The van der Waals surface area contributed by atoms with Gasteiger partial charge in [0, 0.05) is 7.05 Å². The fourth-order valence-corrected chi connectivity index (χ4v) is 4.55. The third kappa shape index (κ3) is 5.73. The fraction of sp³-hybridized carbons (Fsp3) is 0.538. The molecule has 3 N–H and O–H groups in total. The highest BCUT2D eigenvalue weighted by Crippen LogP contribution is 2.46. The van der Waals surface area contributed by atoms with Gasteiger partial charge in [-0.25, -0.2) is 0 Å². The molecule has 1 fully saturated rings. The Morgan fingerprint density at radius 1 is 1.12 bits per heavy atom. The number of aromatic nitrogens is 2. The largest absolute Gasteiger partial charge is 0.390 e. The number of Topliss-reactive ketones (excluding diaryl/α,β-unsaturated/α-hetero) is 1. The van der Waals surface area contributed by atoms with Gasteiger partial charge in [0.15, 0.2) is 0 Å². The SMILES string of the molecule is Cc1cc(C(=O)N[C@@H](CC(C)C)C(=O)N[C@@H](C(C)C)[C@@H](O)C2C(=O)C2c2ccccc2)n(C)n1. The summed E-state index contributed by atoms with van der Waals surface area (Å²) >= 11 is 0. The molecule has 5 atom stereocenters. The monoisotopic (exact) mass is 468 g/mol. The molecule has 0 radical (unpaired) electrons. The second kappa shape index (κ2) is 10.5. The molecule has 1 aromatic carbocycles. The first-order chi connectivity index (χ1) is 16.0. The maximum atomic E-state index is 13.3. The quantitative estimate of drug-likeness (QED) is 0.495. The van der Waals surface area contributed by atoms with Gasteiger partial charge in [0.1, 0.15) is 17.5 Å². The maximum Gasteiger partial charge on any atom is 0.270 e. The number of nitrogens with zero attached hydrogens (tertiary/aromatic N) is 2. The van der Waals surface area contributed by atoms with Crippen LogP contribution >= 0.6 is 0 Å². The van der Waals surface area contributed by atoms with Crippen molar-refractivity contribution in [2.24, 2.45) is 24.8 Å². The van der Waals surface area contributed by atoms with Gasteiger partial charge in [-0.15, -0.1) is 0 Å². The number of hydrogen-bond acceptors (Lipinski definition) is 5. The van der Waals surface area contributed by atoms with Crippen molar-refractivity contribution in [1.82, 2.24) is 20.4 Å². The van der Waals surface area contributed by atoms with Crippen LogP contribution < -0.4 is 10.6 Å². The Labute approximate surface area is 201 Å². The van der Waals surface area contributed by atoms with Crippen LogP contribution in [0, 0.1) is 24.7 Å². The minimum Gasteiger partial charge on any atom is -0.390 e. The molecule has 0 aliphatic heterocycles. The summed E-state index contributed by atoms with van der Waals surface area (Å²) in [6.45, 7) is 9.54. The Bertz CT molecular complexity index is 1030. The van der Waals surface area contributed by atoms with Crippen molar-refractivity contribution >= 4 is 17.6 Å². The standard InChI is InChI=1S/C26H36N4O4/c1-14(2)12-18(27-26(34)19-13-16(5)29-30(19)6)25(33)28-22(15(3)4)24(32)21-20(23(21)31)17-10-8-7-9-11-17/h7-11,13-15,18,20-22,24,32H,12H2,1-6H3,(H,27,34)(H,28,33)/t18-,20?,21?,22-,24-/m0/s1. The highest BCUT2D eigenvalue weighted by atomic mass is 16.3. The summed E-state index contributed by atoms with van der Waals surface area (Å²) in [6.07, 6.45) is -0.582. The molecular weight excluding hydrogens is 432 g/mol. The Morgan fingerprint density at radius 3 is 2.29 bits per heavy atom. The third-order valence-electron chi connectivity index (χ3n) is 6.37. The van der Waals surface area contributed by atoms with E-state index in [1.807, 2.05) is 58.0 Å². The van der Waals surface area contributed by atoms with E-state index in [1.54, 1.807) is 20.0 Å². The lowest BCUT2D eigenvalue weighted by Crippen LogP contribution is -2.55. The molecule has 184 valence electrons. The van der Waals surface area contributed by atoms with Gasteiger partial charge in [-0.1, -0.05) is 58.0 Å². The van der Waals surface area contributed by atoms with Crippen molar-refractivity contribution in [2.45, 2.75) is 65.1 Å². The normalized spacial score (nSPS) is 20.2. The van der Waals surface area contributed by atoms with Gasteiger partial charge in [-0.3, -0.25) is 19.1 Å². The Hall–Kier alpha value is -3.00. The van der Waals surface area contributed by atoms with E-state index >= 15 is 0 Å². The summed E-state index contributed by atoms with van der Waals surface area (Å²) in [7, 11) is 1.68. The van der Waals surface area contributed by atoms with Crippen molar-refractivity contribution in [3.8, 4) is 0 Å². The van der Waals surface area contributed by atoms with Crippen LogP contribution in [0.25, 0.3) is 0 Å². The molecule has 2 unspecified atom stereocenters. The summed E-state index contributed by atoms with van der Waals surface area (Å²) < 4.78 is 1.48. The number of amides is 2. The maximum absolute atomic E-state index is 13.3. The van der Waals surface area contributed by atoms with Crippen LogP contribution in [0.4, 0.5) is 0 Å². The average Bonchev–Trinajstić information content (AvgIpc) is 3.32. The fourth-order valence-electron chi connectivity index (χ4n) is 4.55. The third-order valence-corrected chi connectivity index (χ3v) is 6.37. The lowest BCUT2D eigenvalue weighted by atomic mass is 9.92. The van der Waals surface area contributed by atoms with Crippen molar-refractivity contribution in [1.29, 1.82) is 0 Å². The van der Waals surface area contributed by atoms with Gasteiger partial charge in [0.05, 0.1) is 29.7 Å². The summed E-state index contributed by atoms with van der Waals surface area (Å²) in [5, 5.41) is 21.1. The van der Waals surface area contributed by atoms with Crippen LogP contribution in [0.15, 0.2) is 36.4 Å². The first-order valence-corrected chi connectivity index (χ1v) is 11.9. The zero-order valence-corrected chi connectivity index (χ0v) is 20.8. The summed E-state index contributed by atoms with van der Waals surface area (Å²) in [4.78, 5) is 38.7. The molecule has 1 aliphatic rings. The summed E-state index contributed by atoms with van der Waals surface area (Å²) in [5.74, 6) is -1.63. The highest BCUT2D eigenvalue weighted by Gasteiger charge is 2.56. The van der Waals surface area contributed by atoms with Crippen LogP contribution in [0.3, 0.4) is 0 Å². The van der Waals surface area contributed by atoms with Crippen molar-refractivity contribution in [3.63, 3.8) is 0 Å². The number of aliphatic hydroxyl groups excluding tert-OH is 1. The van der Waals surface area contributed by atoms with E-state index in [0.29, 0.717) is 17.8 Å². The number of carbonyl (C=O) groups excluding carboxylic acids is 3. The van der Waals surface area contributed by atoms with Gasteiger partial charge >= 0.3 is 0 Å². The molecule has 8 heteroatoms. The number of ketones is 1. The Morgan fingerprint density at radius 2 is 1.76 bits per heavy atom. The van der Waals surface area contributed by atoms with Crippen LogP contribution in [0.5, 0.6) is 0 Å². The number of benzene rings is 1. The number of rotatable bonds is 10. The van der Waals surface area contributed by atoms with Crippen molar-refractivity contribution in [2.75, 3.05) is 0 Å². The predicted molar refractivity (Wildman–Crippen MR) is 129 cm³/mol. The molecule has 2 amide bonds. The van der Waals surface area contributed by atoms with Gasteiger partial charge in [0.2, 0.25) is 5.91 Å². The molecule has 1 saturated carbocycles. The van der Waals surface area contributed by atoms with Crippen molar-refractivity contribution < 1.29 is 19.5 Å². The van der Waals surface area contributed by atoms with Crippen LogP contribution in [0.1, 0.15) is 61.8 Å².